The summed E-state index contributed by atoms with van der Waals surface area (Å²) in [5, 5.41) is 10.2. The van der Waals surface area contributed by atoms with Crippen LogP contribution >= 0.6 is 11.6 Å². The first-order chi connectivity index (χ1) is 8.13. The van der Waals surface area contributed by atoms with E-state index in [-0.39, 0.29) is 6.61 Å². The average Bonchev–Trinajstić information content (AvgIpc) is 2.32. The number of nitrogens with zero attached hydrogens (tertiary/aromatic N) is 1. The minimum atomic E-state index is 0.0519. The van der Waals surface area contributed by atoms with Gasteiger partial charge in [-0.3, -0.25) is 0 Å². The van der Waals surface area contributed by atoms with Crippen LogP contribution in [0.2, 0.25) is 5.02 Å². The van der Waals surface area contributed by atoms with E-state index < -0.39 is 0 Å². The molecule has 1 heterocycles. The van der Waals surface area contributed by atoms with Crippen molar-refractivity contribution >= 4 is 17.3 Å². The Morgan fingerprint density at radius 1 is 1.35 bits per heavy atom. The third kappa shape index (κ3) is 2.58. The van der Waals surface area contributed by atoms with E-state index >= 15 is 0 Å². The molecule has 0 bridgehead atoms. The molecule has 2 nitrogen and oxygen atoms in total. The fourth-order valence-corrected chi connectivity index (χ4v) is 2.82. The van der Waals surface area contributed by atoms with Crippen LogP contribution in [0.15, 0.2) is 18.2 Å². The summed E-state index contributed by atoms with van der Waals surface area (Å²) in [6, 6.07) is 5.75. The molecule has 0 saturated carbocycles. The highest BCUT2D eigenvalue weighted by molar-refractivity contribution is 6.33. The van der Waals surface area contributed by atoms with Crippen LogP contribution < -0.4 is 4.90 Å². The van der Waals surface area contributed by atoms with Gasteiger partial charge in [0.2, 0.25) is 0 Å². The first-order valence-electron chi connectivity index (χ1n) is 6.26. The highest BCUT2D eigenvalue weighted by Gasteiger charge is 2.25. The molecule has 1 aromatic carbocycles. The van der Waals surface area contributed by atoms with Crippen molar-refractivity contribution in [1.82, 2.24) is 0 Å². The number of halogens is 1. The number of rotatable bonds is 2. The molecule has 2 atom stereocenters. The van der Waals surface area contributed by atoms with Gasteiger partial charge in [-0.25, -0.2) is 0 Å². The number of anilines is 1. The lowest BCUT2D eigenvalue weighted by atomic mass is 9.88. The maximum atomic E-state index is 9.41. The molecular formula is C14H20ClNO. The number of hydrogen-bond acceptors (Lipinski definition) is 2. The Morgan fingerprint density at radius 2 is 2.12 bits per heavy atom. The lowest BCUT2D eigenvalue weighted by molar-refractivity contribution is 0.280. The summed E-state index contributed by atoms with van der Waals surface area (Å²) in [4.78, 5) is 2.32. The van der Waals surface area contributed by atoms with E-state index in [9.17, 15) is 5.11 Å². The van der Waals surface area contributed by atoms with E-state index in [0.717, 1.165) is 35.3 Å². The molecule has 0 aliphatic carbocycles. The van der Waals surface area contributed by atoms with Crippen molar-refractivity contribution in [1.29, 1.82) is 0 Å². The van der Waals surface area contributed by atoms with Gasteiger partial charge in [-0.15, -0.1) is 0 Å². The zero-order valence-electron chi connectivity index (χ0n) is 10.5. The Morgan fingerprint density at radius 3 is 2.76 bits per heavy atom. The number of benzene rings is 1. The van der Waals surface area contributed by atoms with Crippen molar-refractivity contribution in [2.75, 3.05) is 18.0 Å². The quantitative estimate of drug-likeness (QED) is 0.874. The Kier molecular flexibility index (Phi) is 3.95. The minimum Gasteiger partial charge on any atom is -0.392 e. The SMILES string of the molecule is CC1CCN(c2c(Cl)cccc2CO)CC1C. The van der Waals surface area contributed by atoms with Gasteiger partial charge in [-0.1, -0.05) is 37.6 Å². The third-order valence-electron chi connectivity index (χ3n) is 3.89. The standard InChI is InChI=1S/C14H20ClNO/c1-10-6-7-16(8-11(10)2)14-12(9-17)4-3-5-13(14)15/h3-5,10-11,17H,6-9H2,1-2H3. The van der Waals surface area contributed by atoms with Crippen molar-refractivity contribution < 1.29 is 5.11 Å². The zero-order valence-corrected chi connectivity index (χ0v) is 11.2. The van der Waals surface area contributed by atoms with Gasteiger partial charge in [0.15, 0.2) is 0 Å². The number of hydrogen-bond donors (Lipinski definition) is 1. The largest absolute Gasteiger partial charge is 0.392 e. The van der Waals surface area contributed by atoms with Gasteiger partial charge < -0.3 is 10.0 Å². The highest BCUT2D eigenvalue weighted by atomic mass is 35.5. The van der Waals surface area contributed by atoms with Crippen molar-refractivity contribution in [2.24, 2.45) is 11.8 Å². The number of piperidine rings is 1. The van der Waals surface area contributed by atoms with Crippen LogP contribution in [-0.2, 0) is 6.61 Å². The van der Waals surface area contributed by atoms with Crippen LogP contribution in [0.4, 0.5) is 5.69 Å². The molecular weight excluding hydrogens is 234 g/mol. The van der Waals surface area contributed by atoms with E-state index in [1.54, 1.807) is 0 Å². The minimum absolute atomic E-state index is 0.0519. The summed E-state index contributed by atoms with van der Waals surface area (Å²) in [5.74, 6) is 1.44. The molecule has 2 rings (SSSR count). The summed E-state index contributed by atoms with van der Waals surface area (Å²) >= 11 is 6.27. The van der Waals surface area contributed by atoms with Crippen molar-refractivity contribution in [3.05, 3.63) is 28.8 Å². The molecule has 0 amide bonds. The number of aliphatic hydroxyl groups excluding tert-OH is 1. The third-order valence-corrected chi connectivity index (χ3v) is 4.20. The van der Waals surface area contributed by atoms with Gasteiger partial charge in [-0.05, 0) is 24.3 Å². The lowest BCUT2D eigenvalue weighted by Crippen LogP contribution is -2.39. The van der Waals surface area contributed by atoms with Gasteiger partial charge >= 0.3 is 0 Å². The maximum Gasteiger partial charge on any atom is 0.0702 e. The highest BCUT2D eigenvalue weighted by Crippen LogP contribution is 2.34. The van der Waals surface area contributed by atoms with Crippen molar-refractivity contribution in [3.63, 3.8) is 0 Å². The van der Waals surface area contributed by atoms with E-state index in [1.165, 1.54) is 6.42 Å². The summed E-state index contributed by atoms with van der Waals surface area (Å²) in [6.07, 6.45) is 1.19. The Labute approximate surface area is 108 Å². The van der Waals surface area contributed by atoms with Crippen LogP contribution in [0, 0.1) is 11.8 Å². The summed E-state index contributed by atoms with van der Waals surface area (Å²) in [7, 11) is 0. The topological polar surface area (TPSA) is 23.5 Å². The monoisotopic (exact) mass is 253 g/mol. The molecule has 1 aliphatic heterocycles. The Hall–Kier alpha value is -0.730. The molecule has 1 N–H and O–H groups in total. The van der Waals surface area contributed by atoms with Crippen LogP contribution in [0.5, 0.6) is 0 Å². The molecule has 1 saturated heterocycles. The van der Waals surface area contributed by atoms with Crippen molar-refractivity contribution in [3.8, 4) is 0 Å². The molecule has 0 spiro atoms. The average molecular weight is 254 g/mol. The first kappa shape index (κ1) is 12.7. The number of aliphatic hydroxyl groups is 1. The zero-order chi connectivity index (χ0) is 12.4. The molecule has 3 heteroatoms. The van der Waals surface area contributed by atoms with E-state index in [2.05, 4.69) is 18.7 Å². The second kappa shape index (κ2) is 5.28. The predicted octanol–water partition coefficient (Wildman–Crippen LogP) is 3.31. The predicted molar refractivity (Wildman–Crippen MR) is 72.5 cm³/mol. The van der Waals surface area contributed by atoms with Gasteiger partial charge in [0.1, 0.15) is 0 Å². The van der Waals surface area contributed by atoms with Crippen LogP contribution in [0.3, 0.4) is 0 Å². The van der Waals surface area contributed by atoms with Crippen LogP contribution in [0.1, 0.15) is 25.8 Å². The van der Waals surface area contributed by atoms with Gasteiger partial charge in [0, 0.05) is 18.7 Å². The molecule has 1 aromatic rings. The van der Waals surface area contributed by atoms with E-state index in [4.69, 9.17) is 11.6 Å². The van der Waals surface area contributed by atoms with Gasteiger partial charge in [-0.2, -0.15) is 0 Å². The first-order valence-corrected chi connectivity index (χ1v) is 6.64. The summed E-state index contributed by atoms with van der Waals surface area (Å²) in [6.45, 7) is 6.70. The van der Waals surface area contributed by atoms with Gasteiger partial charge in [0.05, 0.1) is 17.3 Å². The van der Waals surface area contributed by atoms with Crippen LogP contribution in [-0.4, -0.2) is 18.2 Å². The normalized spacial score (nSPS) is 25.1. The second-order valence-corrected chi connectivity index (χ2v) is 5.50. The second-order valence-electron chi connectivity index (χ2n) is 5.09. The van der Waals surface area contributed by atoms with Crippen LogP contribution in [0.25, 0.3) is 0 Å². The van der Waals surface area contributed by atoms with E-state index in [1.807, 2.05) is 18.2 Å². The summed E-state index contributed by atoms with van der Waals surface area (Å²) < 4.78 is 0. The summed E-state index contributed by atoms with van der Waals surface area (Å²) in [5.41, 5.74) is 1.95. The Balaban J connectivity index is 2.28. The molecule has 1 aliphatic rings. The molecule has 1 fully saturated rings. The van der Waals surface area contributed by atoms with Gasteiger partial charge in [0.25, 0.3) is 0 Å². The fourth-order valence-electron chi connectivity index (χ4n) is 2.51. The lowest BCUT2D eigenvalue weighted by Gasteiger charge is -2.38. The molecule has 2 unspecified atom stereocenters. The Bertz CT molecular complexity index is 394. The molecule has 0 aromatic heterocycles. The fraction of sp³-hybridized carbons (Fsp3) is 0.571. The smallest absolute Gasteiger partial charge is 0.0702 e. The molecule has 0 radical (unpaired) electrons. The maximum absolute atomic E-state index is 9.41. The molecule has 94 valence electrons. The number of para-hydroxylation sites is 1. The molecule has 17 heavy (non-hydrogen) atoms. The van der Waals surface area contributed by atoms with E-state index in [0.29, 0.717) is 5.92 Å². The van der Waals surface area contributed by atoms with Crippen molar-refractivity contribution in [2.45, 2.75) is 26.9 Å².